The number of likely N-dealkylation sites (tertiary alicyclic amines) is 1. The molecule has 2 rings (SSSR count). The van der Waals surface area contributed by atoms with E-state index in [9.17, 15) is 0 Å². The fourth-order valence-electron chi connectivity index (χ4n) is 2.50. The third-order valence-electron chi connectivity index (χ3n) is 3.66. The number of halogens is 2. The Hall–Kier alpha value is -0.280. The van der Waals surface area contributed by atoms with Gasteiger partial charge >= 0.3 is 0 Å². The van der Waals surface area contributed by atoms with Gasteiger partial charge < -0.3 is 5.32 Å². The zero-order chi connectivity index (χ0) is 11.4. The quantitative estimate of drug-likeness (QED) is 0.921. The van der Waals surface area contributed by atoms with Crippen LogP contribution in [0.1, 0.15) is 18.9 Å². The first-order chi connectivity index (χ1) is 7.79. The normalized spacial score (nSPS) is 23.9. The fraction of sp³-hybridized carbons (Fsp3) is 0.571. The van der Waals surface area contributed by atoms with E-state index in [1.54, 1.807) is 0 Å². The lowest BCUT2D eigenvalue weighted by Crippen LogP contribution is -2.48. The Morgan fingerprint density at radius 2 is 1.89 bits per heavy atom. The fourth-order valence-corrected chi connectivity index (χ4v) is 2.50. The first-order valence-corrected chi connectivity index (χ1v) is 6.23. The van der Waals surface area contributed by atoms with Gasteiger partial charge in [0.25, 0.3) is 0 Å². The summed E-state index contributed by atoms with van der Waals surface area (Å²) in [5, 5.41) is 3.43. The summed E-state index contributed by atoms with van der Waals surface area (Å²) in [6, 6.07) is 11.4. The van der Waals surface area contributed by atoms with Gasteiger partial charge in [0.2, 0.25) is 0 Å². The lowest BCUT2D eigenvalue weighted by Gasteiger charge is -2.37. The molecule has 1 aromatic carbocycles. The standard InChI is InChI=1S/C14H22N2.2ClH/c1-12-8-9-16(11-14(12)15-2)10-13-6-4-3-5-7-13;;/h3-7,12,14-15H,8-11H2,1-2H3;2*1H/t12?,14-;;/m0../s1. The van der Waals surface area contributed by atoms with Crippen LogP contribution in [0.25, 0.3) is 0 Å². The lowest BCUT2D eigenvalue weighted by atomic mass is 9.93. The molecule has 2 atom stereocenters. The molecule has 1 saturated heterocycles. The van der Waals surface area contributed by atoms with E-state index in [1.165, 1.54) is 25.1 Å². The van der Waals surface area contributed by atoms with Crippen LogP contribution in [0.5, 0.6) is 0 Å². The second-order valence-electron chi connectivity index (χ2n) is 4.88. The van der Waals surface area contributed by atoms with Gasteiger partial charge in [-0.15, -0.1) is 24.8 Å². The number of rotatable bonds is 3. The van der Waals surface area contributed by atoms with E-state index in [4.69, 9.17) is 0 Å². The molecule has 0 radical (unpaired) electrons. The second-order valence-corrected chi connectivity index (χ2v) is 4.88. The molecule has 1 aliphatic heterocycles. The third-order valence-corrected chi connectivity index (χ3v) is 3.66. The molecule has 0 aromatic heterocycles. The molecule has 1 unspecified atom stereocenters. The van der Waals surface area contributed by atoms with Crippen molar-refractivity contribution >= 4 is 24.8 Å². The molecule has 1 aromatic rings. The molecule has 4 heteroatoms. The topological polar surface area (TPSA) is 15.3 Å². The van der Waals surface area contributed by atoms with Crippen molar-refractivity contribution in [2.75, 3.05) is 20.1 Å². The summed E-state index contributed by atoms with van der Waals surface area (Å²) in [7, 11) is 2.08. The molecular weight excluding hydrogens is 267 g/mol. The maximum atomic E-state index is 3.43. The van der Waals surface area contributed by atoms with Gasteiger partial charge in [-0.2, -0.15) is 0 Å². The Balaban J connectivity index is 0.00000144. The number of likely N-dealkylation sites (N-methyl/N-ethyl adjacent to an activating group) is 1. The van der Waals surface area contributed by atoms with Crippen molar-refractivity contribution in [3.05, 3.63) is 35.9 Å². The zero-order valence-electron chi connectivity index (χ0n) is 11.1. The molecule has 1 heterocycles. The van der Waals surface area contributed by atoms with Gasteiger partial charge in [0, 0.05) is 19.1 Å². The number of nitrogens with zero attached hydrogens (tertiary/aromatic N) is 1. The van der Waals surface area contributed by atoms with E-state index in [1.807, 2.05) is 0 Å². The van der Waals surface area contributed by atoms with Crippen LogP contribution in [0.4, 0.5) is 0 Å². The highest BCUT2D eigenvalue weighted by atomic mass is 35.5. The number of benzene rings is 1. The Morgan fingerprint density at radius 1 is 1.22 bits per heavy atom. The van der Waals surface area contributed by atoms with Crippen LogP contribution >= 0.6 is 24.8 Å². The van der Waals surface area contributed by atoms with Crippen molar-refractivity contribution in [3.63, 3.8) is 0 Å². The summed E-state index contributed by atoms with van der Waals surface area (Å²) in [6.45, 7) is 5.84. The summed E-state index contributed by atoms with van der Waals surface area (Å²) in [6.07, 6.45) is 1.30. The smallest absolute Gasteiger partial charge is 0.0234 e. The highest BCUT2D eigenvalue weighted by Gasteiger charge is 2.24. The van der Waals surface area contributed by atoms with E-state index in [0.29, 0.717) is 6.04 Å². The molecular formula is C14H24Cl2N2. The van der Waals surface area contributed by atoms with Crippen molar-refractivity contribution in [1.29, 1.82) is 0 Å². The van der Waals surface area contributed by atoms with Crippen LogP contribution in [0.3, 0.4) is 0 Å². The molecule has 0 aliphatic carbocycles. The maximum absolute atomic E-state index is 3.43. The maximum Gasteiger partial charge on any atom is 0.0234 e. The first kappa shape index (κ1) is 17.7. The molecule has 0 spiro atoms. The van der Waals surface area contributed by atoms with Gasteiger partial charge in [-0.1, -0.05) is 37.3 Å². The van der Waals surface area contributed by atoms with Crippen molar-refractivity contribution in [2.24, 2.45) is 5.92 Å². The molecule has 1 aliphatic rings. The van der Waals surface area contributed by atoms with Gasteiger partial charge in [0.05, 0.1) is 0 Å². The zero-order valence-corrected chi connectivity index (χ0v) is 12.8. The van der Waals surface area contributed by atoms with Crippen LogP contribution in [-0.4, -0.2) is 31.1 Å². The van der Waals surface area contributed by atoms with Crippen LogP contribution in [0.15, 0.2) is 30.3 Å². The van der Waals surface area contributed by atoms with E-state index >= 15 is 0 Å². The number of piperidine rings is 1. The van der Waals surface area contributed by atoms with E-state index < -0.39 is 0 Å². The van der Waals surface area contributed by atoms with E-state index in [0.717, 1.165) is 12.5 Å². The van der Waals surface area contributed by atoms with Gasteiger partial charge in [-0.05, 0) is 31.5 Å². The Morgan fingerprint density at radius 3 is 2.50 bits per heavy atom. The Kier molecular flexibility index (Phi) is 8.62. The summed E-state index contributed by atoms with van der Waals surface area (Å²) >= 11 is 0. The van der Waals surface area contributed by atoms with Gasteiger partial charge in [-0.3, -0.25) is 4.90 Å². The summed E-state index contributed by atoms with van der Waals surface area (Å²) in [5.74, 6) is 0.803. The monoisotopic (exact) mass is 290 g/mol. The molecule has 0 saturated carbocycles. The number of hydrogen-bond acceptors (Lipinski definition) is 2. The van der Waals surface area contributed by atoms with E-state index in [2.05, 4.69) is 54.5 Å². The van der Waals surface area contributed by atoms with Crippen molar-refractivity contribution in [2.45, 2.75) is 25.9 Å². The third kappa shape index (κ3) is 4.77. The Labute approximate surface area is 123 Å². The molecule has 1 N–H and O–H groups in total. The predicted octanol–water partition coefficient (Wildman–Crippen LogP) is 2.96. The summed E-state index contributed by atoms with van der Waals surface area (Å²) < 4.78 is 0. The highest BCUT2D eigenvalue weighted by Crippen LogP contribution is 2.18. The van der Waals surface area contributed by atoms with Crippen molar-refractivity contribution in [1.82, 2.24) is 10.2 Å². The molecule has 1 fully saturated rings. The van der Waals surface area contributed by atoms with Crippen LogP contribution in [-0.2, 0) is 6.54 Å². The second kappa shape index (κ2) is 8.76. The number of nitrogens with one attached hydrogen (secondary N) is 1. The largest absolute Gasteiger partial charge is 0.315 e. The molecule has 2 nitrogen and oxygen atoms in total. The minimum absolute atomic E-state index is 0. The van der Waals surface area contributed by atoms with Crippen LogP contribution < -0.4 is 5.32 Å². The Bertz CT molecular complexity index is 319. The molecule has 18 heavy (non-hydrogen) atoms. The summed E-state index contributed by atoms with van der Waals surface area (Å²) in [4.78, 5) is 2.55. The van der Waals surface area contributed by atoms with Gasteiger partial charge in [0.1, 0.15) is 0 Å². The number of hydrogen-bond donors (Lipinski definition) is 1. The molecule has 0 bridgehead atoms. The average molecular weight is 291 g/mol. The van der Waals surface area contributed by atoms with Crippen molar-refractivity contribution in [3.8, 4) is 0 Å². The highest BCUT2D eigenvalue weighted by molar-refractivity contribution is 5.85. The SMILES string of the molecule is CN[C@H]1CN(Cc2ccccc2)CCC1C.Cl.Cl. The summed E-state index contributed by atoms with van der Waals surface area (Å²) in [5.41, 5.74) is 1.42. The molecule has 0 amide bonds. The minimum Gasteiger partial charge on any atom is -0.315 e. The van der Waals surface area contributed by atoms with Crippen LogP contribution in [0.2, 0.25) is 0 Å². The molecule has 104 valence electrons. The van der Waals surface area contributed by atoms with E-state index in [-0.39, 0.29) is 24.8 Å². The minimum atomic E-state index is 0. The van der Waals surface area contributed by atoms with Crippen LogP contribution in [0, 0.1) is 5.92 Å². The van der Waals surface area contributed by atoms with Gasteiger partial charge in [-0.25, -0.2) is 0 Å². The lowest BCUT2D eigenvalue weighted by molar-refractivity contribution is 0.147. The average Bonchev–Trinajstić information content (AvgIpc) is 2.33. The predicted molar refractivity (Wildman–Crippen MR) is 82.8 cm³/mol. The van der Waals surface area contributed by atoms with Gasteiger partial charge in [0.15, 0.2) is 0 Å². The van der Waals surface area contributed by atoms with Crippen molar-refractivity contribution < 1.29 is 0 Å². The first-order valence-electron chi connectivity index (χ1n) is 6.23.